The quantitative estimate of drug-likeness (QED) is 0.688. The first-order valence-electron chi connectivity index (χ1n) is 4.13. The Hall–Kier alpha value is -1.54. The van der Waals surface area contributed by atoms with Crippen LogP contribution >= 0.6 is 11.6 Å². The lowest BCUT2D eigenvalue weighted by atomic mass is 10.0. The number of rotatable bonds is 1. The largest absolute Gasteiger partial charge is 0.368 e. The fraction of sp³-hybridized carbons (Fsp3) is 0.375. The van der Waals surface area contributed by atoms with Gasteiger partial charge in [-0.1, -0.05) is 11.6 Å². The van der Waals surface area contributed by atoms with Crippen LogP contribution in [0.1, 0.15) is 0 Å². The van der Waals surface area contributed by atoms with Gasteiger partial charge >= 0.3 is 0 Å². The minimum Gasteiger partial charge on any atom is -0.368 e. The molecule has 0 saturated carbocycles. The van der Waals surface area contributed by atoms with Crippen LogP contribution in [0.5, 0.6) is 0 Å². The summed E-state index contributed by atoms with van der Waals surface area (Å²) in [7, 11) is 0. The summed E-state index contributed by atoms with van der Waals surface area (Å²) in [4.78, 5) is 9.72. The lowest BCUT2D eigenvalue weighted by Crippen LogP contribution is -2.46. The molecule has 0 unspecified atom stereocenters. The molecule has 0 atom stereocenters. The van der Waals surface area contributed by atoms with Crippen LogP contribution in [-0.4, -0.2) is 23.1 Å². The standard InChI is InChI=1S/C8H8ClN5/c9-6-1-7(13-8(11)12-6)14-3-5(2-10)4-14/h1,5H,3-4H2,(H2,11,12,13). The highest BCUT2D eigenvalue weighted by Gasteiger charge is 2.27. The third-order valence-corrected chi connectivity index (χ3v) is 2.28. The Labute approximate surface area is 86.1 Å². The highest BCUT2D eigenvalue weighted by atomic mass is 35.5. The first-order valence-corrected chi connectivity index (χ1v) is 4.51. The van der Waals surface area contributed by atoms with Crippen molar-refractivity contribution in [1.29, 1.82) is 5.26 Å². The molecule has 1 saturated heterocycles. The van der Waals surface area contributed by atoms with E-state index in [2.05, 4.69) is 16.0 Å². The Morgan fingerprint density at radius 3 is 2.86 bits per heavy atom. The smallest absolute Gasteiger partial charge is 0.223 e. The Morgan fingerprint density at radius 2 is 2.29 bits per heavy atom. The lowest BCUT2D eigenvalue weighted by molar-refractivity contribution is 0.499. The van der Waals surface area contributed by atoms with Gasteiger partial charge in [-0.3, -0.25) is 0 Å². The Balaban J connectivity index is 2.15. The van der Waals surface area contributed by atoms with Crippen molar-refractivity contribution in [3.63, 3.8) is 0 Å². The molecule has 0 spiro atoms. The molecule has 0 aromatic carbocycles. The summed E-state index contributed by atoms with van der Waals surface area (Å²) in [6.45, 7) is 1.37. The molecule has 1 aromatic rings. The van der Waals surface area contributed by atoms with Crippen molar-refractivity contribution in [2.24, 2.45) is 5.92 Å². The summed E-state index contributed by atoms with van der Waals surface area (Å²) in [6.07, 6.45) is 0. The number of nitrogens with two attached hydrogens (primary N) is 1. The predicted octanol–water partition coefficient (Wildman–Crippen LogP) is 0.672. The van der Waals surface area contributed by atoms with Crippen LogP contribution in [0.15, 0.2) is 6.07 Å². The van der Waals surface area contributed by atoms with Crippen LogP contribution in [0.3, 0.4) is 0 Å². The van der Waals surface area contributed by atoms with Gasteiger partial charge in [0.05, 0.1) is 12.0 Å². The van der Waals surface area contributed by atoms with E-state index in [-0.39, 0.29) is 11.9 Å². The van der Waals surface area contributed by atoms with Crippen LogP contribution in [-0.2, 0) is 0 Å². The zero-order chi connectivity index (χ0) is 10.1. The van der Waals surface area contributed by atoms with E-state index >= 15 is 0 Å². The SMILES string of the molecule is N#CC1CN(c2cc(Cl)nc(N)n2)C1. The van der Waals surface area contributed by atoms with Crippen molar-refractivity contribution in [2.75, 3.05) is 23.7 Å². The van der Waals surface area contributed by atoms with E-state index < -0.39 is 0 Å². The van der Waals surface area contributed by atoms with Gasteiger partial charge in [0.1, 0.15) is 11.0 Å². The van der Waals surface area contributed by atoms with Gasteiger partial charge in [0.15, 0.2) is 0 Å². The second-order valence-corrected chi connectivity index (χ2v) is 3.53. The molecule has 2 rings (SSSR count). The number of nitrogen functional groups attached to an aromatic ring is 1. The van der Waals surface area contributed by atoms with Crippen LogP contribution in [0, 0.1) is 17.2 Å². The summed E-state index contributed by atoms with van der Waals surface area (Å²) < 4.78 is 0. The zero-order valence-electron chi connectivity index (χ0n) is 7.31. The summed E-state index contributed by atoms with van der Waals surface area (Å²) in [5.41, 5.74) is 5.44. The van der Waals surface area contributed by atoms with Crippen molar-refractivity contribution in [2.45, 2.75) is 0 Å². The first kappa shape index (κ1) is 9.03. The molecule has 2 heterocycles. The Kier molecular flexibility index (Phi) is 2.14. The van der Waals surface area contributed by atoms with Crippen molar-refractivity contribution in [3.05, 3.63) is 11.2 Å². The molecule has 72 valence electrons. The molecule has 6 heteroatoms. The number of nitriles is 1. The maximum Gasteiger partial charge on any atom is 0.223 e. The molecule has 1 aromatic heterocycles. The molecule has 0 amide bonds. The minimum atomic E-state index is 0.0879. The molecule has 1 aliphatic heterocycles. The number of anilines is 2. The fourth-order valence-corrected chi connectivity index (χ4v) is 1.52. The molecular formula is C8H8ClN5. The maximum atomic E-state index is 8.60. The van der Waals surface area contributed by atoms with E-state index in [9.17, 15) is 0 Å². The topological polar surface area (TPSA) is 78.8 Å². The van der Waals surface area contributed by atoms with Gasteiger partial charge in [-0.15, -0.1) is 0 Å². The van der Waals surface area contributed by atoms with Crippen LogP contribution in [0.4, 0.5) is 11.8 Å². The van der Waals surface area contributed by atoms with E-state index in [1.54, 1.807) is 6.07 Å². The average molecular weight is 210 g/mol. The average Bonchev–Trinajstić information content (AvgIpc) is 2.00. The molecule has 0 radical (unpaired) electrons. The number of halogens is 1. The molecule has 2 N–H and O–H groups in total. The van der Waals surface area contributed by atoms with Crippen LogP contribution in [0.2, 0.25) is 5.15 Å². The van der Waals surface area contributed by atoms with Crippen molar-refractivity contribution in [1.82, 2.24) is 9.97 Å². The first-order chi connectivity index (χ1) is 6.69. The number of aromatic nitrogens is 2. The molecule has 1 fully saturated rings. The van der Waals surface area contributed by atoms with E-state index in [1.807, 2.05) is 4.90 Å². The summed E-state index contributed by atoms with van der Waals surface area (Å²) in [5, 5.41) is 8.93. The van der Waals surface area contributed by atoms with E-state index in [0.29, 0.717) is 24.1 Å². The summed E-state index contributed by atoms with van der Waals surface area (Å²) in [5.74, 6) is 0.937. The molecule has 5 nitrogen and oxygen atoms in total. The molecule has 0 aliphatic carbocycles. The van der Waals surface area contributed by atoms with Crippen molar-refractivity contribution >= 4 is 23.4 Å². The third-order valence-electron chi connectivity index (χ3n) is 2.09. The number of hydrogen-bond acceptors (Lipinski definition) is 5. The predicted molar refractivity (Wildman–Crippen MR) is 52.8 cm³/mol. The van der Waals surface area contributed by atoms with Gasteiger partial charge in [-0.2, -0.15) is 10.2 Å². The van der Waals surface area contributed by atoms with Crippen LogP contribution < -0.4 is 10.6 Å². The van der Waals surface area contributed by atoms with E-state index in [0.717, 1.165) is 0 Å². The summed E-state index contributed by atoms with van der Waals surface area (Å²) >= 11 is 5.72. The van der Waals surface area contributed by atoms with Crippen molar-refractivity contribution in [3.8, 4) is 6.07 Å². The highest BCUT2D eigenvalue weighted by molar-refractivity contribution is 6.29. The number of hydrogen-bond donors (Lipinski definition) is 1. The monoisotopic (exact) mass is 209 g/mol. The van der Waals surface area contributed by atoms with Gasteiger partial charge in [0.2, 0.25) is 5.95 Å². The Bertz CT molecular complexity index is 373. The minimum absolute atomic E-state index is 0.0879. The van der Waals surface area contributed by atoms with Crippen molar-refractivity contribution < 1.29 is 0 Å². The van der Waals surface area contributed by atoms with Gasteiger partial charge < -0.3 is 10.6 Å². The van der Waals surface area contributed by atoms with Crippen LogP contribution in [0.25, 0.3) is 0 Å². The normalized spacial score (nSPS) is 16.1. The van der Waals surface area contributed by atoms with Gasteiger partial charge in [-0.05, 0) is 0 Å². The second-order valence-electron chi connectivity index (χ2n) is 3.14. The van der Waals surface area contributed by atoms with E-state index in [4.69, 9.17) is 22.6 Å². The second kappa shape index (κ2) is 3.31. The van der Waals surface area contributed by atoms with Gasteiger partial charge in [0, 0.05) is 19.2 Å². The molecule has 0 bridgehead atoms. The zero-order valence-corrected chi connectivity index (χ0v) is 8.07. The summed E-state index contributed by atoms with van der Waals surface area (Å²) in [6, 6.07) is 3.83. The van der Waals surface area contributed by atoms with Gasteiger partial charge in [0.25, 0.3) is 0 Å². The van der Waals surface area contributed by atoms with Gasteiger partial charge in [-0.25, -0.2) is 4.98 Å². The highest BCUT2D eigenvalue weighted by Crippen LogP contribution is 2.24. The molecular weight excluding hydrogens is 202 g/mol. The van der Waals surface area contributed by atoms with E-state index in [1.165, 1.54) is 0 Å². The molecule has 1 aliphatic rings. The Morgan fingerprint density at radius 1 is 1.57 bits per heavy atom. The maximum absolute atomic E-state index is 8.60. The number of nitrogens with zero attached hydrogens (tertiary/aromatic N) is 4. The molecule has 14 heavy (non-hydrogen) atoms. The lowest BCUT2D eigenvalue weighted by Gasteiger charge is -2.36. The third kappa shape index (κ3) is 1.56. The fourth-order valence-electron chi connectivity index (χ4n) is 1.33.